The van der Waals surface area contributed by atoms with Crippen LogP contribution in [-0.2, 0) is 11.3 Å². The molecule has 32 heavy (non-hydrogen) atoms. The number of nitrogens with one attached hydrogen (secondary N) is 2. The topological polar surface area (TPSA) is 41.1 Å². The summed E-state index contributed by atoms with van der Waals surface area (Å²) in [6.45, 7) is 12.7. The van der Waals surface area contributed by atoms with Gasteiger partial charge in [0, 0.05) is 29.9 Å². The van der Waals surface area contributed by atoms with E-state index in [2.05, 4.69) is 80.8 Å². The van der Waals surface area contributed by atoms with Crippen LogP contribution in [0.15, 0.2) is 42.5 Å². The van der Waals surface area contributed by atoms with Crippen LogP contribution in [0.4, 0.5) is 11.4 Å². The molecule has 1 unspecified atom stereocenters. The number of unbranched alkanes of at least 4 members (excludes halogenated alkanes) is 1. The molecule has 2 aromatic rings. The lowest BCUT2D eigenvalue weighted by molar-refractivity contribution is -0.959. The van der Waals surface area contributed by atoms with Gasteiger partial charge >= 0.3 is 0 Å². The number of aryl methyl sites for hydroxylation is 2. The molecule has 0 aliphatic carbocycles. The molecule has 1 fully saturated rings. The Labute approximate surface area is 195 Å². The number of carbonyl (C=O) groups excluding carboxylic acids is 1. The maximum absolute atomic E-state index is 13.7. The van der Waals surface area contributed by atoms with Gasteiger partial charge in [-0.2, -0.15) is 0 Å². The highest BCUT2D eigenvalue weighted by molar-refractivity contribution is 5.95. The van der Waals surface area contributed by atoms with Crippen LogP contribution >= 0.6 is 0 Å². The highest BCUT2D eigenvalue weighted by Gasteiger charge is 2.42. The fraction of sp³-hybridized carbons (Fsp3) is 0.536. The van der Waals surface area contributed by atoms with Gasteiger partial charge in [0.15, 0.2) is 6.04 Å². The Bertz CT molecular complexity index is 848. The number of rotatable bonds is 10. The molecule has 1 saturated heterocycles. The lowest BCUT2D eigenvalue weighted by Gasteiger charge is -2.46. The third-order valence-electron chi connectivity index (χ3n) is 7.04. The molecule has 174 valence electrons. The Hall–Kier alpha value is -2.33. The number of piperidine rings is 1. The lowest BCUT2D eigenvalue weighted by Crippen LogP contribution is -2.61. The van der Waals surface area contributed by atoms with Crippen molar-refractivity contribution in [3.63, 3.8) is 0 Å². The van der Waals surface area contributed by atoms with Crippen LogP contribution in [0.3, 0.4) is 0 Å². The van der Waals surface area contributed by atoms with Crippen molar-refractivity contribution in [2.24, 2.45) is 0 Å². The average molecular weight is 437 g/mol. The van der Waals surface area contributed by atoms with Crippen molar-refractivity contribution in [1.29, 1.82) is 0 Å². The van der Waals surface area contributed by atoms with E-state index in [9.17, 15) is 4.79 Å². The zero-order valence-corrected chi connectivity index (χ0v) is 20.5. The highest BCUT2D eigenvalue weighted by atomic mass is 16.2. The Balaban J connectivity index is 1.81. The number of amides is 1. The van der Waals surface area contributed by atoms with Crippen LogP contribution in [0, 0.1) is 13.8 Å². The number of anilines is 2. The van der Waals surface area contributed by atoms with E-state index in [-0.39, 0.29) is 11.9 Å². The van der Waals surface area contributed by atoms with Crippen LogP contribution in [0.25, 0.3) is 0 Å². The Kier molecular flexibility index (Phi) is 8.75. The summed E-state index contributed by atoms with van der Waals surface area (Å²) in [6, 6.07) is 15.0. The summed E-state index contributed by atoms with van der Waals surface area (Å²) in [5, 5.41) is 6.86. The zero-order valence-electron chi connectivity index (χ0n) is 20.5. The summed E-state index contributed by atoms with van der Waals surface area (Å²) in [5.41, 5.74) is 5.70. The standard InChI is InChI=1S/C28H41N3O/c1-5-7-16-29-25-19-22(3)27(23(4)20-25)30-28(32)26(6-2)31(17-12-9-13-18-31)21-24-14-10-8-11-15-24/h8,10-11,14-15,19-20,26,29H,5-7,9,12-13,16-18,21H2,1-4H3/p+1. The molecule has 0 saturated carbocycles. The van der Waals surface area contributed by atoms with Crippen molar-refractivity contribution in [3.05, 3.63) is 59.2 Å². The van der Waals surface area contributed by atoms with E-state index in [4.69, 9.17) is 0 Å². The van der Waals surface area contributed by atoms with E-state index < -0.39 is 0 Å². The summed E-state index contributed by atoms with van der Waals surface area (Å²) in [4.78, 5) is 13.7. The molecule has 2 N–H and O–H groups in total. The molecule has 1 heterocycles. The van der Waals surface area contributed by atoms with E-state index in [1.165, 1.54) is 31.2 Å². The SMILES string of the molecule is CCCCNc1cc(C)c(NC(=O)C(CC)[N+]2(Cc3ccccc3)CCCCC2)c(C)c1. The molecule has 0 radical (unpaired) electrons. The van der Waals surface area contributed by atoms with Crippen molar-refractivity contribution < 1.29 is 9.28 Å². The summed E-state index contributed by atoms with van der Waals surface area (Å²) < 4.78 is 0.876. The Morgan fingerprint density at radius 2 is 1.66 bits per heavy atom. The van der Waals surface area contributed by atoms with Crippen molar-refractivity contribution >= 4 is 17.3 Å². The van der Waals surface area contributed by atoms with Crippen LogP contribution in [0.5, 0.6) is 0 Å². The fourth-order valence-electron chi connectivity index (χ4n) is 5.37. The van der Waals surface area contributed by atoms with Gasteiger partial charge in [-0.1, -0.05) is 50.6 Å². The number of likely N-dealkylation sites (tertiary alicyclic amines) is 1. The molecular formula is C28H42N3O+. The molecule has 1 aliphatic heterocycles. The number of hydrogen-bond donors (Lipinski definition) is 2. The molecular weight excluding hydrogens is 394 g/mol. The Morgan fingerprint density at radius 3 is 2.25 bits per heavy atom. The summed E-state index contributed by atoms with van der Waals surface area (Å²) in [5.74, 6) is 0.170. The van der Waals surface area contributed by atoms with Gasteiger partial charge in [-0.15, -0.1) is 0 Å². The lowest BCUT2D eigenvalue weighted by atomic mass is 9.98. The minimum atomic E-state index is -0.0309. The van der Waals surface area contributed by atoms with Gasteiger partial charge in [-0.3, -0.25) is 4.79 Å². The first-order chi connectivity index (χ1) is 15.5. The van der Waals surface area contributed by atoms with Gasteiger partial charge in [0.1, 0.15) is 6.54 Å². The second-order valence-electron chi connectivity index (χ2n) is 9.55. The van der Waals surface area contributed by atoms with Gasteiger partial charge in [0.2, 0.25) is 0 Å². The maximum atomic E-state index is 13.7. The molecule has 1 atom stereocenters. The first-order valence-corrected chi connectivity index (χ1v) is 12.5. The predicted octanol–water partition coefficient (Wildman–Crippen LogP) is 6.43. The van der Waals surface area contributed by atoms with Crippen molar-refractivity contribution in [2.45, 2.75) is 78.8 Å². The molecule has 4 heteroatoms. The number of carbonyl (C=O) groups is 1. The number of nitrogens with zero attached hydrogens (tertiary/aromatic N) is 1. The van der Waals surface area contributed by atoms with Crippen LogP contribution < -0.4 is 10.6 Å². The van der Waals surface area contributed by atoms with Gasteiger partial charge in [-0.05, 0) is 62.8 Å². The van der Waals surface area contributed by atoms with Crippen LogP contribution in [0.1, 0.15) is 69.1 Å². The summed E-state index contributed by atoms with van der Waals surface area (Å²) in [6.07, 6.45) is 6.88. The largest absolute Gasteiger partial charge is 0.385 e. The predicted molar refractivity (Wildman–Crippen MR) is 136 cm³/mol. The molecule has 1 aliphatic rings. The second-order valence-corrected chi connectivity index (χ2v) is 9.55. The van der Waals surface area contributed by atoms with E-state index in [1.807, 2.05) is 0 Å². The second kappa shape index (κ2) is 11.5. The third-order valence-corrected chi connectivity index (χ3v) is 7.04. The van der Waals surface area contributed by atoms with Crippen molar-refractivity contribution in [3.8, 4) is 0 Å². The van der Waals surface area contributed by atoms with E-state index >= 15 is 0 Å². The van der Waals surface area contributed by atoms with Crippen molar-refractivity contribution in [2.75, 3.05) is 30.3 Å². The minimum Gasteiger partial charge on any atom is -0.385 e. The normalized spacial score (nSPS) is 16.4. The van der Waals surface area contributed by atoms with Gasteiger partial charge in [0.05, 0.1) is 13.1 Å². The maximum Gasteiger partial charge on any atom is 0.282 e. The number of quaternary nitrogens is 1. The van der Waals surface area contributed by atoms with E-state index in [0.29, 0.717) is 0 Å². The highest BCUT2D eigenvalue weighted by Crippen LogP contribution is 2.31. The molecule has 3 rings (SSSR count). The number of hydrogen-bond acceptors (Lipinski definition) is 2. The van der Waals surface area contributed by atoms with E-state index in [1.54, 1.807) is 0 Å². The van der Waals surface area contributed by atoms with Crippen LogP contribution in [-0.4, -0.2) is 36.1 Å². The molecule has 0 spiro atoms. The smallest absolute Gasteiger partial charge is 0.282 e. The average Bonchev–Trinajstić information content (AvgIpc) is 2.78. The van der Waals surface area contributed by atoms with E-state index in [0.717, 1.165) is 66.0 Å². The third kappa shape index (κ3) is 5.92. The van der Waals surface area contributed by atoms with Crippen LogP contribution in [0.2, 0.25) is 0 Å². The molecule has 1 amide bonds. The summed E-state index contributed by atoms with van der Waals surface area (Å²) >= 11 is 0. The van der Waals surface area contributed by atoms with Gasteiger partial charge in [-0.25, -0.2) is 0 Å². The van der Waals surface area contributed by atoms with Gasteiger partial charge in [0.25, 0.3) is 5.91 Å². The fourth-order valence-corrected chi connectivity index (χ4v) is 5.37. The first-order valence-electron chi connectivity index (χ1n) is 12.5. The minimum absolute atomic E-state index is 0.0309. The Morgan fingerprint density at radius 1 is 1.00 bits per heavy atom. The molecule has 0 bridgehead atoms. The first kappa shape index (κ1) is 24.3. The molecule has 2 aromatic carbocycles. The monoisotopic (exact) mass is 436 g/mol. The zero-order chi connectivity index (χ0) is 23.0. The quantitative estimate of drug-likeness (QED) is 0.333. The number of benzene rings is 2. The molecule has 4 nitrogen and oxygen atoms in total. The van der Waals surface area contributed by atoms with Crippen molar-refractivity contribution in [1.82, 2.24) is 0 Å². The van der Waals surface area contributed by atoms with Gasteiger partial charge < -0.3 is 15.1 Å². The summed E-state index contributed by atoms with van der Waals surface area (Å²) in [7, 11) is 0. The molecule has 0 aromatic heterocycles.